The van der Waals surface area contributed by atoms with E-state index in [2.05, 4.69) is 60.9 Å². The van der Waals surface area contributed by atoms with Gasteiger partial charge in [0.15, 0.2) is 0 Å². The number of aromatic nitrogens is 2. The van der Waals surface area contributed by atoms with Crippen LogP contribution < -0.4 is 10.2 Å². The van der Waals surface area contributed by atoms with E-state index in [0.717, 1.165) is 59.9 Å². The van der Waals surface area contributed by atoms with Crippen LogP contribution in [0, 0.1) is 10.8 Å². The van der Waals surface area contributed by atoms with E-state index in [1.165, 1.54) is 0 Å². The monoisotopic (exact) mass is 539 g/mol. The second-order valence-electron chi connectivity index (χ2n) is 13.2. The van der Waals surface area contributed by atoms with E-state index in [1.54, 1.807) is 4.90 Å². The Labute approximate surface area is 234 Å². The molecule has 208 valence electrons. The topological polar surface area (TPSA) is 87.5 Å². The lowest BCUT2D eigenvalue weighted by molar-refractivity contribution is -0.134. The van der Waals surface area contributed by atoms with Gasteiger partial charge in [-0.3, -0.25) is 34.2 Å². The Balaban J connectivity index is 1.09. The first-order valence-electron chi connectivity index (χ1n) is 14.6. The number of benzene rings is 2. The van der Waals surface area contributed by atoms with Crippen molar-refractivity contribution in [2.24, 2.45) is 10.8 Å². The number of anilines is 1. The van der Waals surface area contributed by atoms with Crippen molar-refractivity contribution in [3.05, 3.63) is 59.4 Å². The van der Waals surface area contributed by atoms with Gasteiger partial charge in [0.05, 0.1) is 17.9 Å². The van der Waals surface area contributed by atoms with E-state index >= 15 is 0 Å². The molecule has 40 heavy (non-hydrogen) atoms. The maximum atomic E-state index is 13.4. The van der Waals surface area contributed by atoms with E-state index in [9.17, 15) is 14.4 Å². The smallest absolute Gasteiger partial charge is 0.259 e. The predicted octanol–water partition coefficient (Wildman–Crippen LogP) is 4.46. The molecule has 1 atom stereocenters. The Morgan fingerprint density at radius 2 is 1.73 bits per heavy atom. The van der Waals surface area contributed by atoms with Crippen LogP contribution in [0.1, 0.15) is 80.9 Å². The fourth-order valence-electron chi connectivity index (χ4n) is 7.83. The first-order chi connectivity index (χ1) is 19.1. The number of amides is 3. The fourth-order valence-corrected chi connectivity index (χ4v) is 7.83. The quantitative estimate of drug-likeness (QED) is 0.484. The Morgan fingerprint density at radius 3 is 2.42 bits per heavy atom. The summed E-state index contributed by atoms with van der Waals surface area (Å²) in [6, 6.07) is 10.2. The van der Waals surface area contributed by atoms with Gasteiger partial charge in [0.1, 0.15) is 6.04 Å². The zero-order chi connectivity index (χ0) is 28.0. The van der Waals surface area contributed by atoms with Crippen LogP contribution in [-0.4, -0.2) is 57.6 Å². The van der Waals surface area contributed by atoms with Gasteiger partial charge in [-0.2, -0.15) is 5.10 Å². The molecule has 3 aromatic rings. The molecule has 2 aromatic carbocycles. The zero-order valence-corrected chi connectivity index (χ0v) is 23.7. The molecule has 4 aliphatic rings. The minimum atomic E-state index is -0.673. The molecule has 0 bridgehead atoms. The molecular formula is C32H37N5O3. The Kier molecular flexibility index (Phi) is 5.56. The molecule has 2 saturated heterocycles. The van der Waals surface area contributed by atoms with Gasteiger partial charge >= 0.3 is 0 Å². The molecular weight excluding hydrogens is 502 g/mol. The van der Waals surface area contributed by atoms with Crippen molar-refractivity contribution in [1.29, 1.82) is 0 Å². The molecule has 1 aliphatic carbocycles. The lowest BCUT2D eigenvalue weighted by atomic mass is 9.97. The average Bonchev–Trinajstić information content (AvgIpc) is 3.27. The first-order valence-corrected chi connectivity index (χ1v) is 14.6. The van der Waals surface area contributed by atoms with E-state index < -0.39 is 11.9 Å². The van der Waals surface area contributed by atoms with E-state index in [0.29, 0.717) is 34.9 Å². The highest BCUT2D eigenvalue weighted by molar-refractivity contribution is 6.27. The van der Waals surface area contributed by atoms with Crippen LogP contribution in [0.15, 0.2) is 42.7 Å². The minimum absolute atomic E-state index is 0.176. The van der Waals surface area contributed by atoms with Crippen LogP contribution in [0.4, 0.5) is 5.69 Å². The van der Waals surface area contributed by atoms with Crippen LogP contribution in [0.25, 0.3) is 10.8 Å². The summed E-state index contributed by atoms with van der Waals surface area (Å²) in [5.74, 6) is -0.866. The number of hydrogen-bond acceptors (Lipinski definition) is 5. The molecule has 1 aromatic heterocycles. The maximum Gasteiger partial charge on any atom is 0.259 e. The summed E-state index contributed by atoms with van der Waals surface area (Å²) in [5.41, 5.74) is 4.40. The lowest BCUT2D eigenvalue weighted by Gasteiger charge is -2.33. The summed E-state index contributed by atoms with van der Waals surface area (Å²) in [5, 5.41) is 9.07. The van der Waals surface area contributed by atoms with E-state index in [1.807, 2.05) is 24.4 Å². The molecule has 3 aliphatic heterocycles. The maximum absolute atomic E-state index is 13.4. The molecule has 3 amide bonds. The molecule has 3 fully saturated rings. The fraction of sp³-hybridized carbons (Fsp3) is 0.500. The van der Waals surface area contributed by atoms with Gasteiger partial charge in [-0.15, -0.1) is 0 Å². The molecule has 8 nitrogen and oxygen atoms in total. The van der Waals surface area contributed by atoms with Crippen molar-refractivity contribution < 1.29 is 14.4 Å². The first kappa shape index (κ1) is 25.4. The van der Waals surface area contributed by atoms with Gasteiger partial charge in [-0.25, -0.2) is 0 Å². The van der Waals surface area contributed by atoms with E-state index in [-0.39, 0.29) is 18.2 Å². The summed E-state index contributed by atoms with van der Waals surface area (Å²) in [6.45, 7) is 11.8. The molecule has 7 rings (SSSR count). The van der Waals surface area contributed by atoms with Gasteiger partial charge in [-0.05, 0) is 58.7 Å². The summed E-state index contributed by atoms with van der Waals surface area (Å²) in [7, 11) is 0. The number of carbonyl (C=O) groups is 3. The number of nitrogens with one attached hydrogen (secondary N) is 1. The molecule has 1 unspecified atom stereocenters. The number of likely N-dealkylation sites (tertiary alicyclic amines) is 1. The summed E-state index contributed by atoms with van der Waals surface area (Å²) < 4.78 is 2.16. The molecule has 4 heterocycles. The predicted molar refractivity (Wildman–Crippen MR) is 153 cm³/mol. The van der Waals surface area contributed by atoms with Crippen LogP contribution in [0.5, 0.6) is 0 Å². The third-order valence-corrected chi connectivity index (χ3v) is 10.6. The number of imide groups is 1. The number of carbonyl (C=O) groups excluding carboxylic acids is 3. The SMILES string of the molecule is CC1(C)C(N2CCC(n3cc(Cc4ccc5c6c(cccc46)C(=O)N5C4CCC(=O)NC4=O)cn3)CC2)C1(C)C. The van der Waals surface area contributed by atoms with Crippen molar-refractivity contribution in [3.63, 3.8) is 0 Å². The number of hydrogen-bond donors (Lipinski definition) is 1. The van der Waals surface area contributed by atoms with Gasteiger partial charge in [0.2, 0.25) is 11.8 Å². The number of rotatable bonds is 5. The Hall–Kier alpha value is -3.52. The Morgan fingerprint density at radius 1 is 0.975 bits per heavy atom. The van der Waals surface area contributed by atoms with Gasteiger partial charge in [0, 0.05) is 49.1 Å². The largest absolute Gasteiger partial charge is 0.299 e. The number of nitrogens with zero attached hydrogens (tertiary/aromatic N) is 4. The van der Waals surface area contributed by atoms with Crippen LogP contribution in [0.2, 0.25) is 0 Å². The number of piperidine rings is 2. The highest BCUT2D eigenvalue weighted by Gasteiger charge is 2.66. The third-order valence-electron chi connectivity index (χ3n) is 10.6. The third kappa shape index (κ3) is 3.68. The standard InChI is InChI=1S/C32H37N5O3/c1-31(2)30(32(31,3)4)35-14-12-21(13-15-35)36-18-19(17-33-36)16-20-8-9-24-27-22(20)6-5-7-23(27)29(40)37(24)25-10-11-26(38)34-28(25)39/h5-9,17-18,21,25,30H,10-16H2,1-4H3,(H,34,38,39). The highest BCUT2D eigenvalue weighted by Crippen LogP contribution is 2.65. The van der Waals surface area contributed by atoms with Crippen molar-refractivity contribution in [1.82, 2.24) is 20.0 Å². The molecule has 0 spiro atoms. The van der Waals surface area contributed by atoms with Crippen molar-refractivity contribution in [2.45, 2.75) is 77.9 Å². The molecule has 8 heteroatoms. The second-order valence-corrected chi connectivity index (χ2v) is 13.2. The highest BCUT2D eigenvalue weighted by atomic mass is 16.2. The second kappa shape index (κ2) is 8.74. The molecule has 1 N–H and O–H groups in total. The lowest BCUT2D eigenvalue weighted by Crippen LogP contribution is -2.53. The van der Waals surface area contributed by atoms with Crippen molar-refractivity contribution in [2.75, 3.05) is 18.0 Å². The normalized spacial score (nSPS) is 24.6. The van der Waals surface area contributed by atoms with Crippen molar-refractivity contribution >= 4 is 34.2 Å². The van der Waals surface area contributed by atoms with Gasteiger partial charge in [0.25, 0.3) is 5.91 Å². The summed E-state index contributed by atoms with van der Waals surface area (Å²) in [4.78, 5) is 42.0. The summed E-state index contributed by atoms with van der Waals surface area (Å²) in [6.07, 6.45) is 7.68. The zero-order valence-electron chi connectivity index (χ0n) is 23.7. The van der Waals surface area contributed by atoms with Crippen LogP contribution in [-0.2, 0) is 16.0 Å². The van der Waals surface area contributed by atoms with Crippen molar-refractivity contribution in [3.8, 4) is 0 Å². The van der Waals surface area contributed by atoms with Crippen LogP contribution in [0.3, 0.4) is 0 Å². The van der Waals surface area contributed by atoms with Gasteiger partial charge in [-0.1, -0.05) is 45.9 Å². The summed E-state index contributed by atoms with van der Waals surface area (Å²) >= 11 is 0. The van der Waals surface area contributed by atoms with Crippen LogP contribution >= 0.6 is 0 Å². The molecule has 0 radical (unpaired) electrons. The minimum Gasteiger partial charge on any atom is -0.299 e. The Bertz CT molecular complexity index is 1550. The average molecular weight is 540 g/mol. The van der Waals surface area contributed by atoms with E-state index in [4.69, 9.17) is 5.10 Å². The van der Waals surface area contributed by atoms with Gasteiger partial charge < -0.3 is 0 Å². The molecule has 1 saturated carbocycles.